The van der Waals surface area contributed by atoms with Gasteiger partial charge in [-0.25, -0.2) is 4.79 Å². The normalized spacial score (nSPS) is 15.8. The molecule has 5 rings (SSSR count). The van der Waals surface area contributed by atoms with Crippen molar-refractivity contribution in [2.24, 2.45) is 0 Å². The predicted molar refractivity (Wildman–Crippen MR) is 133 cm³/mol. The second-order valence-corrected chi connectivity index (χ2v) is 8.62. The number of carbonyl (C=O) groups is 1. The Balaban J connectivity index is 1.37. The van der Waals surface area contributed by atoms with Gasteiger partial charge in [-0.3, -0.25) is 14.3 Å². The second kappa shape index (κ2) is 9.57. The van der Waals surface area contributed by atoms with E-state index in [0.717, 1.165) is 29.4 Å². The number of aromatic nitrogens is 2. The molecule has 1 atom stereocenters. The van der Waals surface area contributed by atoms with Crippen LogP contribution in [0, 0.1) is 0 Å². The average Bonchev–Trinajstić information content (AvgIpc) is 3.21. The third kappa shape index (κ3) is 4.34. The van der Waals surface area contributed by atoms with Gasteiger partial charge in [0.05, 0.1) is 18.1 Å². The van der Waals surface area contributed by atoms with Crippen LogP contribution in [0.1, 0.15) is 30.5 Å². The van der Waals surface area contributed by atoms with E-state index in [1.807, 2.05) is 83.4 Å². The van der Waals surface area contributed by atoms with E-state index in [2.05, 4.69) is 15.2 Å². The molecule has 2 heterocycles. The molecule has 0 spiro atoms. The van der Waals surface area contributed by atoms with Gasteiger partial charge in [0.2, 0.25) is 5.91 Å². The van der Waals surface area contributed by atoms with E-state index < -0.39 is 6.04 Å². The first kappa shape index (κ1) is 22.0. The smallest absolute Gasteiger partial charge is 0.326 e. The zero-order chi connectivity index (χ0) is 23.5. The van der Waals surface area contributed by atoms with Gasteiger partial charge >= 0.3 is 5.69 Å². The van der Waals surface area contributed by atoms with Crippen LogP contribution in [0.15, 0.2) is 83.7 Å². The molecular formula is C27H28N4O3. The van der Waals surface area contributed by atoms with E-state index >= 15 is 0 Å². The second-order valence-electron chi connectivity index (χ2n) is 8.62. The summed E-state index contributed by atoms with van der Waals surface area (Å²) < 4.78 is 7.17. The van der Waals surface area contributed by atoms with Gasteiger partial charge in [-0.05, 0) is 42.7 Å². The molecule has 34 heavy (non-hydrogen) atoms. The molecule has 1 saturated heterocycles. The number of piperidine rings is 1. The van der Waals surface area contributed by atoms with Gasteiger partial charge in [0.15, 0.2) is 0 Å². The lowest BCUT2D eigenvalue weighted by Gasteiger charge is -2.37. The Hall–Kier alpha value is -3.84. The number of benzene rings is 3. The number of hydrogen-bond donors (Lipinski definition) is 2. The fourth-order valence-corrected chi connectivity index (χ4v) is 4.91. The van der Waals surface area contributed by atoms with Crippen molar-refractivity contribution in [3.05, 3.63) is 94.9 Å². The van der Waals surface area contributed by atoms with Crippen molar-refractivity contribution in [1.29, 1.82) is 0 Å². The van der Waals surface area contributed by atoms with Crippen LogP contribution < -0.4 is 15.7 Å². The molecule has 0 saturated carbocycles. The Labute approximate surface area is 198 Å². The lowest BCUT2D eigenvalue weighted by Crippen LogP contribution is -2.43. The highest BCUT2D eigenvalue weighted by molar-refractivity contribution is 5.95. The van der Waals surface area contributed by atoms with Gasteiger partial charge in [0.1, 0.15) is 11.8 Å². The van der Waals surface area contributed by atoms with E-state index in [1.165, 1.54) is 0 Å². The Morgan fingerprint density at radius 2 is 1.74 bits per heavy atom. The standard InChI is InChI=1S/C27H28N4O3/c1-34-22-11-7-10-20(18-22)28-26(32)25(19-8-3-2-4-9-19)30-16-14-21(15-17-30)31-24-13-6-5-12-23(24)29-27(31)33/h2-13,18,21,25H,14-17H2,1H3,(H,28,32)(H,29,33). The van der Waals surface area contributed by atoms with Crippen molar-refractivity contribution >= 4 is 22.6 Å². The fourth-order valence-electron chi connectivity index (χ4n) is 4.91. The number of anilines is 1. The molecule has 1 aromatic heterocycles. The quantitative estimate of drug-likeness (QED) is 0.452. The van der Waals surface area contributed by atoms with Gasteiger partial charge in [-0.2, -0.15) is 0 Å². The maximum Gasteiger partial charge on any atom is 0.326 e. The number of nitrogens with one attached hydrogen (secondary N) is 2. The Kier molecular flexibility index (Phi) is 6.18. The summed E-state index contributed by atoms with van der Waals surface area (Å²) in [4.78, 5) is 31.3. The topological polar surface area (TPSA) is 79.4 Å². The van der Waals surface area contributed by atoms with E-state index in [0.29, 0.717) is 24.5 Å². The number of ether oxygens (including phenoxy) is 1. The minimum absolute atomic E-state index is 0.0740. The SMILES string of the molecule is COc1cccc(NC(=O)C(c2ccccc2)N2CCC(n3c(=O)[nH]c4ccccc43)CC2)c1. The summed E-state index contributed by atoms with van der Waals surface area (Å²) in [7, 11) is 1.61. The summed E-state index contributed by atoms with van der Waals surface area (Å²) in [5.74, 6) is 0.612. The number of hydrogen-bond acceptors (Lipinski definition) is 4. The third-order valence-corrected chi connectivity index (χ3v) is 6.55. The molecular weight excluding hydrogens is 428 g/mol. The minimum atomic E-state index is -0.423. The molecule has 7 nitrogen and oxygen atoms in total. The zero-order valence-corrected chi connectivity index (χ0v) is 19.1. The number of imidazole rings is 1. The van der Waals surface area contributed by atoms with Crippen LogP contribution in [0.3, 0.4) is 0 Å². The highest BCUT2D eigenvalue weighted by Crippen LogP contribution is 2.31. The first-order chi connectivity index (χ1) is 16.6. The number of carbonyl (C=O) groups excluding carboxylic acids is 1. The highest BCUT2D eigenvalue weighted by Gasteiger charge is 2.32. The maximum absolute atomic E-state index is 13.5. The van der Waals surface area contributed by atoms with Gasteiger partial charge in [-0.15, -0.1) is 0 Å². The van der Waals surface area contributed by atoms with Gasteiger partial charge < -0.3 is 15.0 Å². The Bertz CT molecular complexity index is 1340. The molecule has 0 bridgehead atoms. The summed E-state index contributed by atoms with van der Waals surface area (Å²) in [6.45, 7) is 1.42. The van der Waals surface area contributed by atoms with E-state index in [4.69, 9.17) is 4.74 Å². The van der Waals surface area contributed by atoms with Crippen molar-refractivity contribution in [1.82, 2.24) is 14.5 Å². The van der Waals surface area contributed by atoms with Gasteiger partial charge in [0.25, 0.3) is 0 Å². The molecule has 1 aliphatic rings. The van der Waals surface area contributed by atoms with Crippen LogP contribution in [0.4, 0.5) is 5.69 Å². The summed E-state index contributed by atoms with van der Waals surface area (Å²) in [6, 6.07) is 24.7. The average molecular weight is 457 g/mol. The zero-order valence-electron chi connectivity index (χ0n) is 19.1. The molecule has 1 fully saturated rings. The molecule has 3 aromatic carbocycles. The lowest BCUT2D eigenvalue weighted by atomic mass is 9.98. The van der Waals surface area contributed by atoms with Crippen molar-refractivity contribution in [3.8, 4) is 5.75 Å². The van der Waals surface area contributed by atoms with Crippen LogP contribution in [-0.2, 0) is 4.79 Å². The summed E-state index contributed by atoms with van der Waals surface area (Å²) in [5.41, 5.74) is 3.36. The predicted octanol–water partition coefficient (Wildman–Crippen LogP) is 4.36. The largest absolute Gasteiger partial charge is 0.497 e. The van der Waals surface area contributed by atoms with E-state index in [1.54, 1.807) is 7.11 Å². The number of fused-ring (bicyclic) bond motifs is 1. The molecule has 4 aromatic rings. The summed E-state index contributed by atoms with van der Waals surface area (Å²) >= 11 is 0. The number of para-hydroxylation sites is 2. The number of amides is 1. The number of likely N-dealkylation sites (tertiary alicyclic amines) is 1. The summed E-state index contributed by atoms with van der Waals surface area (Å²) in [6.07, 6.45) is 1.58. The molecule has 2 N–H and O–H groups in total. The maximum atomic E-state index is 13.5. The number of aromatic amines is 1. The van der Waals surface area contributed by atoms with Gasteiger partial charge in [0, 0.05) is 30.9 Å². The van der Waals surface area contributed by atoms with E-state index in [9.17, 15) is 9.59 Å². The van der Waals surface area contributed by atoms with Crippen molar-refractivity contribution < 1.29 is 9.53 Å². The molecule has 7 heteroatoms. The number of H-pyrrole nitrogens is 1. The summed E-state index contributed by atoms with van der Waals surface area (Å²) in [5, 5.41) is 3.06. The number of nitrogens with zero attached hydrogens (tertiary/aromatic N) is 2. The monoisotopic (exact) mass is 456 g/mol. The fraction of sp³-hybridized carbons (Fsp3) is 0.259. The first-order valence-electron chi connectivity index (χ1n) is 11.6. The van der Waals surface area contributed by atoms with Crippen LogP contribution in [0.2, 0.25) is 0 Å². The van der Waals surface area contributed by atoms with E-state index in [-0.39, 0.29) is 17.6 Å². The molecule has 1 aliphatic heterocycles. The van der Waals surface area contributed by atoms with Gasteiger partial charge in [-0.1, -0.05) is 48.5 Å². The number of methoxy groups -OCH3 is 1. The first-order valence-corrected chi connectivity index (χ1v) is 11.6. The Morgan fingerprint density at radius 1 is 1.00 bits per heavy atom. The van der Waals surface area contributed by atoms with Crippen LogP contribution in [0.5, 0.6) is 5.75 Å². The van der Waals surface area contributed by atoms with Crippen LogP contribution in [-0.4, -0.2) is 40.6 Å². The molecule has 174 valence electrons. The van der Waals surface area contributed by atoms with Crippen LogP contribution in [0.25, 0.3) is 11.0 Å². The lowest BCUT2D eigenvalue weighted by molar-refractivity contribution is -0.122. The third-order valence-electron chi connectivity index (χ3n) is 6.55. The van der Waals surface area contributed by atoms with Crippen molar-refractivity contribution in [2.45, 2.75) is 24.9 Å². The molecule has 0 radical (unpaired) electrons. The Morgan fingerprint density at radius 3 is 2.50 bits per heavy atom. The molecule has 1 amide bonds. The molecule has 0 aliphatic carbocycles. The van der Waals surface area contributed by atoms with Crippen molar-refractivity contribution in [2.75, 3.05) is 25.5 Å². The van der Waals surface area contributed by atoms with Crippen molar-refractivity contribution in [3.63, 3.8) is 0 Å². The minimum Gasteiger partial charge on any atom is -0.497 e. The molecule has 1 unspecified atom stereocenters. The van der Waals surface area contributed by atoms with Crippen LogP contribution >= 0.6 is 0 Å². The number of rotatable bonds is 6. The highest BCUT2D eigenvalue weighted by atomic mass is 16.5.